The lowest BCUT2D eigenvalue weighted by Crippen LogP contribution is -2.00. The fourth-order valence-electron chi connectivity index (χ4n) is 1.40. The highest BCUT2D eigenvalue weighted by atomic mass is 32.1. The van der Waals surface area contributed by atoms with Crippen LogP contribution in [-0.4, -0.2) is 16.7 Å². The Kier molecular flexibility index (Phi) is 3.41. The monoisotopic (exact) mass is 235 g/mol. The third-order valence-electron chi connectivity index (χ3n) is 2.26. The first kappa shape index (κ1) is 11.0. The summed E-state index contributed by atoms with van der Waals surface area (Å²) < 4.78 is 5.53. The van der Waals surface area contributed by atoms with Crippen molar-refractivity contribution in [2.45, 2.75) is 13.3 Å². The van der Waals surface area contributed by atoms with Gasteiger partial charge in [-0.15, -0.1) is 11.3 Å². The third kappa shape index (κ3) is 2.73. The SMILES string of the molecule is Cc1ncsc1CCOc1cccc(O)c1. The van der Waals surface area contributed by atoms with Crippen molar-refractivity contribution in [2.75, 3.05) is 6.61 Å². The number of aryl methyl sites for hydroxylation is 1. The summed E-state index contributed by atoms with van der Waals surface area (Å²) in [6.45, 7) is 2.60. The summed E-state index contributed by atoms with van der Waals surface area (Å²) in [5, 5.41) is 9.25. The first-order valence-electron chi connectivity index (χ1n) is 5.06. The number of hydrogen-bond donors (Lipinski definition) is 1. The average molecular weight is 235 g/mol. The number of aromatic hydroxyl groups is 1. The smallest absolute Gasteiger partial charge is 0.122 e. The van der Waals surface area contributed by atoms with Gasteiger partial charge >= 0.3 is 0 Å². The summed E-state index contributed by atoms with van der Waals surface area (Å²) >= 11 is 1.65. The Morgan fingerprint density at radius 1 is 1.44 bits per heavy atom. The van der Waals surface area contributed by atoms with Gasteiger partial charge in [-0.05, 0) is 19.1 Å². The van der Waals surface area contributed by atoms with Crippen molar-refractivity contribution in [1.82, 2.24) is 4.98 Å². The Morgan fingerprint density at radius 3 is 3.00 bits per heavy atom. The van der Waals surface area contributed by atoms with Crippen LogP contribution in [0.1, 0.15) is 10.6 Å². The number of phenolic OH excluding ortho intramolecular Hbond substituents is 1. The molecule has 4 heteroatoms. The van der Waals surface area contributed by atoms with Crippen molar-refractivity contribution in [3.05, 3.63) is 40.3 Å². The Morgan fingerprint density at radius 2 is 2.31 bits per heavy atom. The summed E-state index contributed by atoms with van der Waals surface area (Å²) in [5.74, 6) is 0.925. The van der Waals surface area contributed by atoms with Crippen LogP contribution in [0.5, 0.6) is 11.5 Å². The van der Waals surface area contributed by atoms with Gasteiger partial charge in [0.05, 0.1) is 17.8 Å². The third-order valence-corrected chi connectivity index (χ3v) is 3.26. The second-order valence-electron chi connectivity index (χ2n) is 3.46. The fourth-order valence-corrected chi connectivity index (χ4v) is 2.16. The maximum atomic E-state index is 9.25. The van der Waals surface area contributed by atoms with Crippen LogP contribution in [0, 0.1) is 6.92 Å². The van der Waals surface area contributed by atoms with Gasteiger partial charge in [0.1, 0.15) is 11.5 Å². The summed E-state index contributed by atoms with van der Waals surface area (Å²) in [5.41, 5.74) is 2.92. The van der Waals surface area contributed by atoms with E-state index >= 15 is 0 Å². The molecule has 0 saturated carbocycles. The van der Waals surface area contributed by atoms with E-state index in [9.17, 15) is 5.11 Å². The predicted molar refractivity (Wildman–Crippen MR) is 64.2 cm³/mol. The van der Waals surface area contributed by atoms with Gasteiger partial charge in [-0.2, -0.15) is 0 Å². The fraction of sp³-hybridized carbons (Fsp3) is 0.250. The largest absolute Gasteiger partial charge is 0.508 e. The Bertz CT molecular complexity index is 468. The van der Waals surface area contributed by atoms with Crippen LogP contribution < -0.4 is 4.74 Å². The molecule has 16 heavy (non-hydrogen) atoms. The van der Waals surface area contributed by atoms with Gasteiger partial charge in [-0.1, -0.05) is 6.07 Å². The van der Waals surface area contributed by atoms with Crippen molar-refractivity contribution in [1.29, 1.82) is 0 Å². The van der Waals surface area contributed by atoms with E-state index in [-0.39, 0.29) is 5.75 Å². The number of thiazole rings is 1. The van der Waals surface area contributed by atoms with Crippen LogP contribution in [0.3, 0.4) is 0 Å². The number of ether oxygens (including phenoxy) is 1. The normalized spacial score (nSPS) is 10.3. The van der Waals surface area contributed by atoms with Crippen molar-refractivity contribution < 1.29 is 9.84 Å². The minimum atomic E-state index is 0.228. The summed E-state index contributed by atoms with van der Waals surface area (Å²) in [6.07, 6.45) is 0.853. The highest BCUT2D eigenvalue weighted by molar-refractivity contribution is 7.09. The van der Waals surface area contributed by atoms with E-state index in [4.69, 9.17) is 4.74 Å². The number of nitrogens with zero attached hydrogens (tertiary/aromatic N) is 1. The molecule has 2 aromatic rings. The molecule has 0 radical (unpaired) electrons. The van der Waals surface area contributed by atoms with Gasteiger partial charge in [0.15, 0.2) is 0 Å². The highest BCUT2D eigenvalue weighted by Gasteiger charge is 2.01. The van der Waals surface area contributed by atoms with Crippen molar-refractivity contribution >= 4 is 11.3 Å². The zero-order chi connectivity index (χ0) is 11.4. The van der Waals surface area contributed by atoms with Gasteiger partial charge in [0.2, 0.25) is 0 Å². The quantitative estimate of drug-likeness (QED) is 0.886. The van der Waals surface area contributed by atoms with Crippen LogP contribution in [0.4, 0.5) is 0 Å². The number of phenols is 1. The number of aromatic nitrogens is 1. The topological polar surface area (TPSA) is 42.4 Å². The van der Waals surface area contributed by atoms with Crippen LogP contribution in [0.15, 0.2) is 29.8 Å². The Labute approximate surface area is 98.4 Å². The second kappa shape index (κ2) is 4.99. The van der Waals surface area contributed by atoms with E-state index in [1.165, 1.54) is 4.88 Å². The van der Waals surface area contributed by atoms with E-state index in [0.717, 1.165) is 12.1 Å². The van der Waals surface area contributed by atoms with E-state index < -0.39 is 0 Å². The molecule has 3 nitrogen and oxygen atoms in total. The van der Waals surface area contributed by atoms with Crippen molar-refractivity contribution in [2.24, 2.45) is 0 Å². The molecule has 1 aromatic carbocycles. The summed E-state index contributed by atoms with van der Waals surface area (Å²) in [6, 6.07) is 6.83. The first-order chi connectivity index (χ1) is 7.75. The zero-order valence-corrected chi connectivity index (χ0v) is 9.83. The lowest BCUT2D eigenvalue weighted by atomic mass is 10.3. The summed E-state index contributed by atoms with van der Waals surface area (Å²) in [7, 11) is 0. The standard InChI is InChI=1S/C12H13NO2S/c1-9-12(16-8-13-9)5-6-15-11-4-2-3-10(14)7-11/h2-4,7-8,14H,5-6H2,1H3. The molecule has 84 valence electrons. The lowest BCUT2D eigenvalue weighted by molar-refractivity contribution is 0.320. The van der Waals surface area contributed by atoms with Gasteiger partial charge < -0.3 is 9.84 Å². The molecule has 0 spiro atoms. The molecule has 1 N–H and O–H groups in total. The summed E-state index contributed by atoms with van der Waals surface area (Å²) in [4.78, 5) is 5.43. The Balaban J connectivity index is 1.87. The van der Waals surface area contributed by atoms with E-state index in [2.05, 4.69) is 4.98 Å². The van der Waals surface area contributed by atoms with Crippen molar-refractivity contribution in [3.8, 4) is 11.5 Å². The number of benzene rings is 1. The maximum absolute atomic E-state index is 9.25. The number of hydrogen-bond acceptors (Lipinski definition) is 4. The van der Waals surface area contributed by atoms with Crippen LogP contribution >= 0.6 is 11.3 Å². The Hall–Kier alpha value is -1.55. The van der Waals surface area contributed by atoms with E-state index in [0.29, 0.717) is 12.4 Å². The molecule has 0 aliphatic rings. The average Bonchev–Trinajstić information content (AvgIpc) is 2.65. The minimum absolute atomic E-state index is 0.228. The zero-order valence-electron chi connectivity index (χ0n) is 9.01. The molecular weight excluding hydrogens is 222 g/mol. The molecular formula is C12H13NO2S. The van der Waals surface area contributed by atoms with Gasteiger partial charge in [-0.3, -0.25) is 0 Å². The van der Waals surface area contributed by atoms with Crippen LogP contribution in [0.25, 0.3) is 0 Å². The molecule has 0 aliphatic heterocycles. The van der Waals surface area contributed by atoms with Gasteiger partial charge in [0.25, 0.3) is 0 Å². The molecule has 0 atom stereocenters. The molecule has 0 amide bonds. The number of rotatable bonds is 4. The molecule has 1 aromatic heterocycles. The van der Waals surface area contributed by atoms with E-state index in [1.54, 1.807) is 29.5 Å². The first-order valence-corrected chi connectivity index (χ1v) is 5.94. The second-order valence-corrected chi connectivity index (χ2v) is 4.40. The maximum Gasteiger partial charge on any atom is 0.122 e. The van der Waals surface area contributed by atoms with Gasteiger partial charge in [0, 0.05) is 17.4 Å². The minimum Gasteiger partial charge on any atom is -0.508 e. The predicted octanol–water partition coefficient (Wildman–Crippen LogP) is 2.78. The van der Waals surface area contributed by atoms with Crippen LogP contribution in [0.2, 0.25) is 0 Å². The molecule has 1 heterocycles. The molecule has 0 aliphatic carbocycles. The molecule has 0 unspecified atom stereocenters. The highest BCUT2D eigenvalue weighted by Crippen LogP contribution is 2.18. The van der Waals surface area contributed by atoms with Gasteiger partial charge in [-0.25, -0.2) is 4.98 Å². The molecule has 2 rings (SSSR count). The molecule has 0 fully saturated rings. The van der Waals surface area contributed by atoms with Crippen LogP contribution in [-0.2, 0) is 6.42 Å². The molecule has 0 saturated heterocycles. The molecule has 0 bridgehead atoms. The van der Waals surface area contributed by atoms with Crippen molar-refractivity contribution in [3.63, 3.8) is 0 Å². The lowest BCUT2D eigenvalue weighted by Gasteiger charge is -2.05. The van der Waals surface area contributed by atoms with E-state index in [1.807, 2.05) is 18.5 Å².